The lowest BCUT2D eigenvalue weighted by atomic mass is 10.2. The Morgan fingerprint density at radius 1 is 1.04 bits per heavy atom. The highest BCUT2D eigenvalue weighted by Crippen LogP contribution is 2.18. The van der Waals surface area contributed by atoms with Crippen molar-refractivity contribution in [1.82, 2.24) is 10.3 Å². The summed E-state index contributed by atoms with van der Waals surface area (Å²) in [6, 6.07) is 13.7. The number of hydrogen-bond acceptors (Lipinski definition) is 4. The molecular weight excluding hydrogens is 334 g/mol. The van der Waals surface area contributed by atoms with Crippen LogP contribution in [0.1, 0.15) is 20.7 Å². The number of aromatic nitrogens is 1. The van der Waals surface area contributed by atoms with Crippen molar-refractivity contribution in [1.29, 1.82) is 0 Å². The molecule has 0 aliphatic heterocycles. The predicted octanol–water partition coefficient (Wildman–Crippen LogP) is 2.32. The van der Waals surface area contributed by atoms with Gasteiger partial charge in [0.1, 0.15) is 0 Å². The summed E-state index contributed by atoms with van der Waals surface area (Å²) >= 11 is 0. The molecule has 26 heavy (non-hydrogen) atoms. The number of rotatable bonds is 5. The topological polar surface area (TPSA) is 100 Å². The predicted molar refractivity (Wildman–Crippen MR) is 97.0 cm³/mol. The highest BCUT2D eigenvalue weighted by atomic mass is 16.5. The minimum absolute atomic E-state index is 0.212. The van der Waals surface area contributed by atoms with Crippen LogP contribution in [0.4, 0.5) is 5.69 Å². The lowest BCUT2D eigenvalue weighted by Gasteiger charge is -2.07. The van der Waals surface area contributed by atoms with Crippen molar-refractivity contribution in [2.75, 3.05) is 19.0 Å². The maximum atomic E-state index is 12.2. The van der Waals surface area contributed by atoms with Gasteiger partial charge >= 0.3 is 5.97 Å². The van der Waals surface area contributed by atoms with Crippen LogP contribution in [0.3, 0.4) is 0 Å². The highest BCUT2D eigenvalue weighted by molar-refractivity contribution is 6.05. The first-order valence-corrected chi connectivity index (χ1v) is 7.93. The summed E-state index contributed by atoms with van der Waals surface area (Å²) in [7, 11) is 1.54. The van der Waals surface area contributed by atoms with Gasteiger partial charge in [-0.2, -0.15) is 0 Å². The summed E-state index contributed by atoms with van der Waals surface area (Å²) in [5.74, 6) is -1.26. The monoisotopic (exact) mass is 351 g/mol. The minimum Gasteiger partial charge on any atom is -0.452 e. The summed E-state index contributed by atoms with van der Waals surface area (Å²) in [4.78, 5) is 38.6. The van der Waals surface area contributed by atoms with E-state index in [0.29, 0.717) is 16.8 Å². The molecule has 1 aromatic heterocycles. The highest BCUT2D eigenvalue weighted by Gasteiger charge is 2.15. The molecule has 0 aliphatic carbocycles. The van der Waals surface area contributed by atoms with Crippen LogP contribution in [0.25, 0.3) is 10.9 Å². The zero-order chi connectivity index (χ0) is 18.5. The van der Waals surface area contributed by atoms with E-state index >= 15 is 0 Å². The first-order chi connectivity index (χ1) is 12.6. The van der Waals surface area contributed by atoms with Crippen molar-refractivity contribution in [3.05, 3.63) is 65.9 Å². The first kappa shape index (κ1) is 17.2. The molecule has 3 aromatic rings. The molecule has 7 heteroatoms. The number of hydrogen-bond donors (Lipinski definition) is 3. The smallest absolute Gasteiger partial charge is 0.340 e. The normalized spacial score (nSPS) is 10.3. The van der Waals surface area contributed by atoms with Crippen LogP contribution in [0.2, 0.25) is 0 Å². The average Bonchev–Trinajstić information content (AvgIpc) is 3.10. The molecule has 7 nitrogen and oxygen atoms in total. The molecule has 3 N–H and O–H groups in total. The number of H-pyrrole nitrogens is 1. The third-order valence-electron chi connectivity index (χ3n) is 3.80. The molecule has 0 atom stereocenters. The Morgan fingerprint density at radius 3 is 2.50 bits per heavy atom. The van der Waals surface area contributed by atoms with Crippen molar-refractivity contribution < 1.29 is 19.1 Å². The zero-order valence-electron chi connectivity index (χ0n) is 14.0. The summed E-state index contributed by atoms with van der Waals surface area (Å²) in [5.41, 5.74) is 2.19. The second-order valence-corrected chi connectivity index (χ2v) is 5.53. The lowest BCUT2D eigenvalue weighted by Crippen LogP contribution is -2.21. The van der Waals surface area contributed by atoms with Crippen LogP contribution in [-0.2, 0) is 9.53 Å². The lowest BCUT2D eigenvalue weighted by molar-refractivity contribution is -0.119. The SMILES string of the molecule is CNC(=O)c1ccc(NC(=O)COC(=O)c2c[nH]c3ccccc23)cc1. The number of fused-ring (bicyclic) bond motifs is 1. The number of esters is 1. The molecule has 0 saturated heterocycles. The molecule has 3 rings (SSSR count). The van der Waals surface area contributed by atoms with Crippen molar-refractivity contribution >= 4 is 34.4 Å². The van der Waals surface area contributed by atoms with Crippen molar-refractivity contribution in [3.8, 4) is 0 Å². The molecule has 0 saturated carbocycles. The number of aromatic amines is 1. The van der Waals surface area contributed by atoms with Crippen LogP contribution in [-0.4, -0.2) is 36.4 Å². The molecule has 2 aromatic carbocycles. The van der Waals surface area contributed by atoms with E-state index in [4.69, 9.17) is 4.74 Å². The van der Waals surface area contributed by atoms with Crippen LogP contribution in [0.5, 0.6) is 0 Å². The van der Waals surface area contributed by atoms with Gasteiger partial charge in [-0.05, 0) is 30.3 Å². The number of carbonyl (C=O) groups is 3. The van der Waals surface area contributed by atoms with Crippen LogP contribution in [0, 0.1) is 0 Å². The van der Waals surface area contributed by atoms with Gasteiger partial charge in [-0.15, -0.1) is 0 Å². The second kappa shape index (κ2) is 7.52. The summed E-state index contributed by atoms with van der Waals surface area (Å²) < 4.78 is 5.07. The van der Waals surface area contributed by atoms with Gasteiger partial charge in [0.15, 0.2) is 6.61 Å². The number of ether oxygens (including phenoxy) is 1. The van der Waals surface area contributed by atoms with Crippen molar-refractivity contribution in [2.45, 2.75) is 0 Å². The Bertz CT molecular complexity index is 960. The molecular formula is C19H17N3O4. The quantitative estimate of drug-likeness (QED) is 0.614. The zero-order valence-corrected chi connectivity index (χ0v) is 14.0. The van der Waals surface area contributed by atoms with Gasteiger partial charge < -0.3 is 20.4 Å². The number of carbonyl (C=O) groups excluding carboxylic acids is 3. The Hall–Kier alpha value is -3.61. The number of anilines is 1. The van der Waals surface area contributed by atoms with E-state index in [9.17, 15) is 14.4 Å². The van der Waals surface area contributed by atoms with E-state index in [0.717, 1.165) is 10.9 Å². The number of para-hydroxylation sites is 1. The van der Waals surface area contributed by atoms with E-state index in [1.807, 2.05) is 18.2 Å². The van der Waals surface area contributed by atoms with Crippen molar-refractivity contribution in [2.24, 2.45) is 0 Å². The standard InChI is InChI=1S/C19H17N3O4/c1-20-18(24)12-6-8-13(9-7-12)22-17(23)11-26-19(25)15-10-21-16-5-3-2-4-14(15)16/h2-10,21H,11H2,1H3,(H,20,24)(H,22,23). The van der Waals surface area contributed by atoms with Gasteiger partial charge in [0, 0.05) is 35.4 Å². The first-order valence-electron chi connectivity index (χ1n) is 7.93. The Morgan fingerprint density at radius 2 is 1.77 bits per heavy atom. The molecule has 0 fully saturated rings. The van der Waals surface area contributed by atoms with Crippen molar-refractivity contribution in [3.63, 3.8) is 0 Å². The van der Waals surface area contributed by atoms with E-state index in [1.54, 1.807) is 43.6 Å². The fourth-order valence-electron chi connectivity index (χ4n) is 2.50. The maximum Gasteiger partial charge on any atom is 0.340 e. The van der Waals surface area contributed by atoms with E-state index in [-0.39, 0.29) is 5.91 Å². The summed E-state index contributed by atoms with van der Waals surface area (Å²) in [6.07, 6.45) is 1.56. The van der Waals surface area contributed by atoms with Gasteiger partial charge in [-0.3, -0.25) is 9.59 Å². The molecule has 1 heterocycles. The number of nitrogens with one attached hydrogen (secondary N) is 3. The molecule has 2 amide bonds. The third-order valence-corrected chi connectivity index (χ3v) is 3.80. The molecule has 0 unspecified atom stereocenters. The summed E-state index contributed by atoms with van der Waals surface area (Å²) in [6.45, 7) is -0.407. The van der Waals surface area contributed by atoms with Gasteiger partial charge in [0.25, 0.3) is 11.8 Å². The second-order valence-electron chi connectivity index (χ2n) is 5.53. The van der Waals surface area contributed by atoms with Crippen LogP contribution < -0.4 is 10.6 Å². The maximum absolute atomic E-state index is 12.2. The Balaban J connectivity index is 1.57. The third kappa shape index (κ3) is 3.72. The Labute approximate surface area is 149 Å². The summed E-state index contributed by atoms with van der Waals surface area (Å²) in [5, 5.41) is 5.86. The molecule has 132 valence electrons. The van der Waals surface area contributed by atoms with Gasteiger partial charge in [-0.1, -0.05) is 18.2 Å². The molecule has 0 aliphatic rings. The van der Waals surface area contributed by atoms with E-state index in [1.165, 1.54) is 0 Å². The Kier molecular flexibility index (Phi) is 4.98. The van der Waals surface area contributed by atoms with Gasteiger partial charge in [0.05, 0.1) is 5.56 Å². The van der Waals surface area contributed by atoms with Gasteiger partial charge in [-0.25, -0.2) is 4.79 Å². The average molecular weight is 351 g/mol. The minimum atomic E-state index is -0.576. The fraction of sp³-hybridized carbons (Fsp3) is 0.105. The number of benzene rings is 2. The molecule has 0 radical (unpaired) electrons. The number of amides is 2. The molecule has 0 spiro atoms. The van der Waals surface area contributed by atoms with Crippen LogP contribution in [0.15, 0.2) is 54.7 Å². The van der Waals surface area contributed by atoms with E-state index < -0.39 is 18.5 Å². The van der Waals surface area contributed by atoms with E-state index in [2.05, 4.69) is 15.6 Å². The van der Waals surface area contributed by atoms with Crippen LogP contribution >= 0.6 is 0 Å². The molecule has 0 bridgehead atoms. The fourth-order valence-corrected chi connectivity index (χ4v) is 2.50. The largest absolute Gasteiger partial charge is 0.452 e. The van der Waals surface area contributed by atoms with Gasteiger partial charge in [0.2, 0.25) is 0 Å².